The van der Waals surface area contributed by atoms with Crippen molar-refractivity contribution in [2.45, 2.75) is 41.4 Å². The summed E-state index contributed by atoms with van der Waals surface area (Å²) < 4.78 is 9.92. The predicted octanol–water partition coefficient (Wildman–Crippen LogP) is 0.491. The van der Waals surface area contributed by atoms with E-state index < -0.39 is 40.0 Å². The fraction of sp³-hybridized carbons (Fsp3) is 0.818. The highest BCUT2D eigenvalue weighted by molar-refractivity contribution is 14.1. The summed E-state index contributed by atoms with van der Waals surface area (Å²) in [6.07, 6.45) is -2.10. The number of amides is 3. The maximum atomic E-state index is 12.2. The zero-order valence-electron chi connectivity index (χ0n) is 12.0. The molecule has 0 radical (unpaired) electrons. The maximum Gasteiger partial charge on any atom is 0.328 e. The number of rotatable bonds is 4. The molecule has 3 amide bonds. The van der Waals surface area contributed by atoms with E-state index in [0.717, 1.165) is 0 Å². The molecule has 0 saturated carbocycles. The first kappa shape index (κ1) is 17.2. The number of carbonyl (C=O) groups excluding carboxylic acids is 2. The molecule has 2 aliphatic rings. The first-order valence-electron chi connectivity index (χ1n) is 6.52. The number of urea groups is 1. The van der Waals surface area contributed by atoms with E-state index in [2.05, 4.69) is 15.3 Å². The number of nitrogens with one attached hydrogen (secondary N) is 1. The van der Waals surface area contributed by atoms with Gasteiger partial charge in [0.25, 0.3) is 0 Å². The number of alkyl halides is 1. The Kier molecular flexibility index (Phi) is 5.12. The number of methoxy groups -OCH3 is 1. The highest BCUT2D eigenvalue weighted by Gasteiger charge is 2.54. The fourth-order valence-electron chi connectivity index (χ4n) is 2.62. The van der Waals surface area contributed by atoms with Crippen LogP contribution in [0.15, 0.2) is 5.11 Å². The van der Waals surface area contributed by atoms with Crippen molar-refractivity contribution in [1.29, 1.82) is 0 Å². The van der Waals surface area contributed by atoms with Crippen LogP contribution in [-0.4, -0.2) is 63.7 Å². The van der Waals surface area contributed by atoms with Crippen LogP contribution in [0.3, 0.4) is 0 Å². The van der Waals surface area contributed by atoms with Crippen LogP contribution >= 0.6 is 22.6 Å². The van der Waals surface area contributed by atoms with E-state index in [4.69, 9.17) is 15.0 Å². The highest BCUT2D eigenvalue weighted by atomic mass is 127. The van der Waals surface area contributed by atoms with Crippen LogP contribution < -0.4 is 5.32 Å². The number of hydrogen-bond acceptors (Lipinski definition) is 6. The number of azide groups is 1. The first-order chi connectivity index (χ1) is 10.4. The van der Waals surface area contributed by atoms with Gasteiger partial charge in [0, 0.05) is 18.4 Å². The van der Waals surface area contributed by atoms with Crippen LogP contribution in [0, 0.1) is 0 Å². The Labute approximate surface area is 139 Å². The van der Waals surface area contributed by atoms with Gasteiger partial charge < -0.3 is 14.6 Å². The second-order valence-electron chi connectivity index (χ2n) is 5.15. The molecular formula is C11H16IN5O5. The average molecular weight is 425 g/mol. The molecule has 2 saturated heterocycles. The molecule has 11 heteroatoms. The van der Waals surface area contributed by atoms with Crippen LogP contribution in [-0.2, 0) is 14.3 Å². The molecule has 2 aliphatic heterocycles. The predicted molar refractivity (Wildman–Crippen MR) is 81.9 cm³/mol. The Morgan fingerprint density at radius 2 is 2.36 bits per heavy atom. The monoisotopic (exact) mass is 425 g/mol. The molecule has 0 bridgehead atoms. The summed E-state index contributed by atoms with van der Waals surface area (Å²) in [5.74, 6) is -0.454. The molecule has 0 spiro atoms. The number of ether oxygens (including phenoxy) is 2. The molecule has 5 atom stereocenters. The SMILES string of the molecule is CO[C@H]1N([C@H]2CC(N=[N+]=[N-])[C@@H](CO)O2)C(=O)NC(=O)[C@@]1(C)I. The van der Waals surface area contributed by atoms with Gasteiger partial charge in [-0.3, -0.25) is 15.0 Å². The Bertz CT molecular complexity index is 523. The number of aliphatic hydroxyl groups excluding tert-OH is 1. The summed E-state index contributed by atoms with van der Waals surface area (Å²) in [6.45, 7) is 1.30. The number of imide groups is 1. The molecule has 10 nitrogen and oxygen atoms in total. The molecule has 122 valence electrons. The molecule has 0 aromatic carbocycles. The molecular weight excluding hydrogens is 409 g/mol. The molecule has 2 fully saturated rings. The summed E-state index contributed by atoms with van der Waals surface area (Å²) in [5, 5.41) is 15.1. The molecule has 0 aliphatic carbocycles. The normalized spacial score (nSPS) is 38.6. The Morgan fingerprint density at radius 3 is 2.91 bits per heavy atom. The summed E-state index contributed by atoms with van der Waals surface area (Å²) in [7, 11) is 1.39. The largest absolute Gasteiger partial charge is 0.394 e. The average Bonchev–Trinajstić information content (AvgIpc) is 2.85. The van der Waals surface area contributed by atoms with Gasteiger partial charge in [-0.15, -0.1) is 0 Å². The van der Waals surface area contributed by atoms with Crippen molar-refractivity contribution in [3.63, 3.8) is 0 Å². The van der Waals surface area contributed by atoms with Crippen LogP contribution in [0.5, 0.6) is 0 Å². The third-order valence-electron chi connectivity index (χ3n) is 3.73. The second kappa shape index (κ2) is 6.54. The fourth-order valence-corrected chi connectivity index (χ4v) is 3.31. The van der Waals surface area contributed by atoms with Gasteiger partial charge in [-0.05, 0) is 12.5 Å². The van der Waals surface area contributed by atoms with E-state index in [1.807, 2.05) is 22.6 Å². The Balaban J connectivity index is 2.28. The second-order valence-corrected chi connectivity index (χ2v) is 7.39. The summed E-state index contributed by atoms with van der Waals surface area (Å²) in [4.78, 5) is 28.1. The lowest BCUT2D eigenvalue weighted by molar-refractivity contribution is -0.151. The van der Waals surface area contributed by atoms with Gasteiger partial charge in [-0.25, -0.2) is 4.79 Å². The lowest BCUT2D eigenvalue weighted by Crippen LogP contribution is -2.69. The Hall–Kier alpha value is -1.14. The van der Waals surface area contributed by atoms with Gasteiger partial charge >= 0.3 is 6.03 Å². The van der Waals surface area contributed by atoms with E-state index in [9.17, 15) is 14.7 Å². The highest BCUT2D eigenvalue weighted by Crippen LogP contribution is 2.36. The van der Waals surface area contributed by atoms with Gasteiger partial charge in [0.15, 0.2) is 6.23 Å². The van der Waals surface area contributed by atoms with Crippen molar-refractivity contribution in [2.24, 2.45) is 5.11 Å². The van der Waals surface area contributed by atoms with Crippen LogP contribution in [0.1, 0.15) is 13.3 Å². The van der Waals surface area contributed by atoms with Crippen molar-refractivity contribution >= 4 is 34.5 Å². The lowest BCUT2D eigenvalue weighted by atomic mass is 10.0. The molecule has 2 rings (SSSR count). The zero-order valence-corrected chi connectivity index (χ0v) is 14.1. The topological polar surface area (TPSA) is 137 Å². The molecule has 2 N–H and O–H groups in total. The first-order valence-corrected chi connectivity index (χ1v) is 7.60. The minimum Gasteiger partial charge on any atom is -0.394 e. The van der Waals surface area contributed by atoms with E-state index in [1.165, 1.54) is 12.0 Å². The van der Waals surface area contributed by atoms with Crippen LogP contribution in [0.25, 0.3) is 10.4 Å². The van der Waals surface area contributed by atoms with Gasteiger partial charge in [0.1, 0.15) is 9.65 Å². The molecule has 0 aromatic heterocycles. The van der Waals surface area contributed by atoms with Crippen LogP contribution in [0.4, 0.5) is 4.79 Å². The van der Waals surface area contributed by atoms with Crippen molar-refractivity contribution in [3.8, 4) is 0 Å². The summed E-state index contributed by atoms with van der Waals surface area (Å²) in [5.41, 5.74) is 8.56. The zero-order chi connectivity index (χ0) is 16.5. The number of aliphatic hydroxyl groups is 1. The molecule has 1 unspecified atom stereocenters. The standard InChI is InChI=1S/C11H16IN5O5/c1-11(12)8(19)14-10(20)17(9(11)21-2)7-3-5(15-16-13)6(4-18)22-7/h5-7,9,18H,3-4H2,1-2H3,(H,14,19,20)/t5?,6-,7-,9-,11-/m1/s1. The summed E-state index contributed by atoms with van der Waals surface area (Å²) in [6, 6.07) is -1.24. The quantitative estimate of drug-likeness (QED) is 0.222. The van der Waals surface area contributed by atoms with E-state index in [1.54, 1.807) is 6.92 Å². The van der Waals surface area contributed by atoms with Gasteiger partial charge in [0.2, 0.25) is 5.91 Å². The van der Waals surface area contributed by atoms with Gasteiger partial charge in [-0.1, -0.05) is 27.7 Å². The van der Waals surface area contributed by atoms with E-state index in [-0.39, 0.29) is 13.0 Å². The minimum atomic E-state index is -1.00. The van der Waals surface area contributed by atoms with Gasteiger partial charge in [0.05, 0.1) is 18.8 Å². The van der Waals surface area contributed by atoms with Crippen molar-refractivity contribution in [2.75, 3.05) is 13.7 Å². The van der Waals surface area contributed by atoms with E-state index in [0.29, 0.717) is 0 Å². The van der Waals surface area contributed by atoms with Crippen molar-refractivity contribution in [3.05, 3.63) is 10.4 Å². The van der Waals surface area contributed by atoms with E-state index >= 15 is 0 Å². The summed E-state index contributed by atoms with van der Waals surface area (Å²) >= 11 is 1.91. The number of halogens is 1. The minimum absolute atomic E-state index is 0.212. The molecule has 22 heavy (non-hydrogen) atoms. The lowest BCUT2D eigenvalue weighted by Gasteiger charge is -2.44. The Morgan fingerprint density at radius 1 is 1.68 bits per heavy atom. The molecule has 0 aromatic rings. The van der Waals surface area contributed by atoms with Gasteiger partial charge in [-0.2, -0.15) is 0 Å². The maximum absolute atomic E-state index is 12.2. The van der Waals surface area contributed by atoms with Crippen molar-refractivity contribution in [1.82, 2.24) is 10.2 Å². The number of hydrogen-bond donors (Lipinski definition) is 2. The third-order valence-corrected chi connectivity index (χ3v) is 4.76. The van der Waals surface area contributed by atoms with Crippen molar-refractivity contribution < 1.29 is 24.2 Å². The smallest absolute Gasteiger partial charge is 0.328 e. The third kappa shape index (κ3) is 2.86. The molecule has 2 heterocycles. The number of carbonyl (C=O) groups is 2. The number of nitrogens with zero attached hydrogens (tertiary/aromatic N) is 4. The van der Waals surface area contributed by atoms with Crippen LogP contribution in [0.2, 0.25) is 0 Å².